The van der Waals surface area contributed by atoms with Crippen molar-refractivity contribution in [3.8, 4) is 0 Å². The van der Waals surface area contributed by atoms with E-state index in [1.54, 1.807) is 0 Å². The highest BCUT2D eigenvalue weighted by Crippen LogP contribution is 2.27. The standard InChI is InChI=1S/C11H20N2/c1-9(2)11-6-5-10(3)13(7-11)8-12-4/h8-9,11H,3,5-7H2,1-2,4H3. The molecule has 0 aromatic carbocycles. The minimum absolute atomic E-state index is 0.765. The number of aliphatic imine (C=N–C) groups is 1. The molecule has 13 heavy (non-hydrogen) atoms. The number of nitrogens with zero attached hydrogens (tertiary/aromatic N) is 2. The van der Waals surface area contributed by atoms with Crippen LogP contribution in [0.2, 0.25) is 0 Å². The Bertz CT molecular complexity index is 206. The van der Waals surface area contributed by atoms with E-state index in [0.717, 1.165) is 24.8 Å². The molecule has 1 fully saturated rings. The first kappa shape index (κ1) is 10.3. The van der Waals surface area contributed by atoms with E-state index in [9.17, 15) is 0 Å². The molecular weight excluding hydrogens is 160 g/mol. The molecule has 1 heterocycles. The van der Waals surface area contributed by atoms with Gasteiger partial charge in [0.25, 0.3) is 0 Å². The number of likely N-dealkylation sites (tertiary alicyclic amines) is 1. The highest BCUT2D eigenvalue weighted by molar-refractivity contribution is 5.57. The zero-order chi connectivity index (χ0) is 9.84. The van der Waals surface area contributed by atoms with Gasteiger partial charge in [-0.1, -0.05) is 20.4 Å². The van der Waals surface area contributed by atoms with E-state index >= 15 is 0 Å². The fraction of sp³-hybridized carbons (Fsp3) is 0.727. The molecule has 1 saturated heterocycles. The summed E-state index contributed by atoms with van der Waals surface area (Å²) in [5.41, 5.74) is 1.21. The summed E-state index contributed by atoms with van der Waals surface area (Å²) in [6.45, 7) is 9.72. The quantitative estimate of drug-likeness (QED) is 0.471. The number of hydrogen-bond donors (Lipinski definition) is 0. The molecule has 0 aromatic heterocycles. The van der Waals surface area contributed by atoms with Crippen molar-refractivity contribution in [2.45, 2.75) is 26.7 Å². The lowest BCUT2D eigenvalue weighted by atomic mass is 9.87. The lowest BCUT2D eigenvalue weighted by molar-refractivity contribution is 0.253. The third-order valence-corrected chi connectivity index (χ3v) is 2.84. The van der Waals surface area contributed by atoms with Crippen molar-refractivity contribution in [3.63, 3.8) is 0 Å². The summed E-state index contributed by atoms with van der Waals surface area (Å²) in [4.78, 5) is 6.23. The first-order chi connectivity index (χ1) is 6.15. The summed E-state index contributed by atoms with van der Waals surface area (Å²) in [7, 11) is 1.81. The van der Waals surface area contributed by atoms with Crippen LogP contribution in [0.4, 0.5) is 0 Å². The lowest BCUT2D eigenvalue weighted by Gasteiger charge is -2.34. The average Bonchev–Trinajstić information content (AvgIpc) is 2.08. The Labute approximate surface area is 81.3 Å². The molecule has 74 valence electrons. The number of hydrogen-bond acceptors (Lipinski definition) is 1. The van der Waals surface area contributed by atoms with Gasteiger partial charge in [0, 0.05) is 19.3 Å². The van der Waals surface area contributed by atoms with Gasteiger partial charge in [0.05, 0.1) is 6.34 Å². The minimum Gasteiger partial charge on any atom is -0.337 e. The Morgan fingerprint density at radius 1 is 1.62 bits per heavy atom. The molecule has 0 aromatic rings. The number of rotatable bonds is 2. The van der Waals surface area contributed by atoms with E-state index < -0.39 is 0 Å². The molecule has 0 radical (unpaired) electrons. The van der Waals surface area contributed by atoms with Gasteiger partial charge in [-0.3, -0.25) is 4.99 Å². The maximum atomic E-state index is 4.04. The van der Waals surface area contributed by atoms with Gasteiger partial charge in [-0.2, -0.15) is 0 Å². The van der Waals surface area contributed by atoms with E-state index in [2.05, 4.69) is 30.3 Å². The van der Waals surface area contributed by atoms with Crippen LogP contribution < -0.4 is 0 Å². The molecular formula is C11H20N2. The Balaban J connectivity index is 2.57. The summed E-state index contributed by atoms with van der Waals surface area (Å²) in [6.07, 6.45) is 4.30. The van der Waals surface area contributed by atoms with Crippen LogP contribution in [0.15, 0.2) is 17.3 Å². The third-order valence-electron chi connectivity index (χ3n) is 2.84. The van der Waals surface area contributed by atoms with Crippen LogP contribution in [0.3, 0.4) is 0 Å². The third kappa shape index (κ3) is 2.58. The van der Waals surface area contributed by atoms with Crippen LogP contribution >= 0.6 is 0 Å². The summed E-state index contributed by atoms with van der Waals surface area (Å²) in [5.74, 6) is 1.56. The van der Waals surface area contributed by atoms with Crippen LogP contribution in [0.1, 0.15) is 26.7 Å². The summed E-state index contributed by atoms with van der Waals surface area (Å²) >= 11 is 0. The molecule has 1 atom stereocenters. The first-order valence-corrected chi connectivity index (χ1v) is 5.02. The molecule has 1 unspecified atom stereocenters. The van der Waals surface area contributed by atoms with Gasteiger partial charge in [0.1, 0.15) is 0 Å². The number of allylic oxidation sites excluding steroid dienone is 1. The maximum Gasteiger partial charge on any atom is 0.0888 e. The molecule has 0 bridgehead atoms. The highest BCUT2D eigenvalue weighted by Gasteiger charge is 2.22. The Kier molecular flexibility index (Phi) is 3.52. The second-order valence-corrected chi connectivity index (χ2v) is 4.14. The van der Waals surface area contributed by atoms with Crippen LogP contribution in [-0.2, 0) is 0 Å². The molecule has 0 aliphatic carbocycles. The van der Waals surface area contributed by atoms with Gasteiger partial charge in [0.15, 0.2) is 0 Å². The monoisotopic (exact) mass is 180 g/mol. The van der Waals surface area contributed by atoms with Crippen LogP contribution in [0.25, 0.3) is 0 Å². The zero-order valence-corrected chi connectivity index (χ0v) is 8.95. The van der Waals surface area contributed by atoms with E-state index in [1.807, 2.05) is 13.4 Å². The normalized spacial score (nSPS) is 24.8. The zero-order valence-electron chi connectivity index (χ0n) is 8.95. The molecule has 2 nitrogen and oxygen atoms in total. The predicted molar refractivity (Wildman–Crippen MR) is 57.8 cm³/mol. The van der Waals surface area contributed by atoms with Crippen molar-refractivity contribution in [2.24, 2.45) is 16.8 Å². The molecule has 0 saturated carbocycles. The van der Waals surface area contributed by atoms with Gasteiger partial charge >= 0.3 is 0 Å². The molecule has 0 amide bonds. The second-order valence-electron chi connectivity index (χ2n) is 4.14. The van der Waals surface area contributed by atoms with E-state index in [1.165, 1.54) is 12.1 Å². The SMILES string of the molecule is C=C1CCC(C(C)C)CN1C=NC. The van der Waals surface area contributed by atoms with Crippen molar-refractivity contribution in [2.75, 3.05) is 13.6 Å². The number of piperidine rings is 1. The van der Waals surface area contributed by atoms with E-state index in [0.29, 0.717) is 0 Å². The van der Waals surface area contributed by atoms with Crippen LogP contribution in [0, 0.1) is 11.8 Å². The fourth-order valence-electron chi connectivity index (χ4n) is 1.78. The van der Waals surface area contributed by atoms with Gasteiger partial charge in [0.2, 0.25) is 0 Å². The van der Waals surface area contributed by atoms with E-state index in [-0.39, 0.29) is 0 Å². The average molecular weight is 180 g/mol. The van der Waals surface area contributed by atoms with Gasteiger partial charge in [-0.05, 0) is 24.7 Å². The summed E-state index contributed by atoms with van der Waals surface area (Å²) in [6, 6.07) is 0. The van der Waals surface area contributed by atoms with Crippen molar-refractivity contribution < 1.29 is 0 Å². The van der Waals surface area contributed by atoms with E-state index in [4.69, 9.17) is 0 Å². The van der Waals surface area contributed by atoms with Crippen molar-refractivity contribution in [3.05, 3.63) is 12.3 Å². The Morgan fingerprint density at radius 3 is 2.85 bits per heavy atom. The topological polar surface area (TPSA) is 15.6 Å². The summed E-state index contributed by atoms with van der Waals surface area (Å²) in [5, 5.41) is 0. The minimum atomic E-state index is 0.765. The maximum absolute atomic E-state index is 4.04. The smallest absolute Gasteiger partial charge is 0.0888 e. The first-order valence-electron chi connectivity index (χ1n) is 5.02. The van der Waals surface area contributed by atoms with Gasteiger partial charge in [-0.15, -0.1) is 0 Å². The molecule has 0 N–H and O–H groups in total. The Hall–Kier alpha value is -0.790. The molecule has 1 rings (SSSR count). The Morgan fingerprint density at radius 2 is 2.31 bits per heavy atom. The molecule has 1 aliphatic rings. The highest BCUT2D eigenvalue weighted by atomic mass is 15.2. The lowest BCUT2D eigenvalue weighted by Crippen LogP contribution is -2.34. The van der Waals surface area contributed by atoms with Crippen LogP contribution in [0.5, 0.6) is 0 Å². The second kappa shape index (κ2) is 4.45. The van der Waals surface area contributed by atoms with Gasteiger partial charge < -0.3 is 4.90 Å². The molecule has 1 aliphatic heterocycles. The molecule has 0 spiro atoms. The van der Waals surface area contributed by atoms with Gasteiger partial charge in [-0.25, -0.2) is 0 Å². The summed E-state index contributed by atoms with van der Waals surface area (Å²) < 4.78 is 0. The van der Waals surface area contributed by atoms with Crippen molar-refractivity contribution in [1.29, 1.82) is 0 Å². The largest absolute Gasteiger partial charge is 0.337 e. The fourth-order valence-corrected chi connectivity index (χ4v) is 1.78. The predicted octanol–water partition coefficient (Wildman–Crippen LogP) is 2.53. The van der Waals surface area contributed by atoms with Crippen LogP contribution in [-0.4, -0.2) is 24.8 Å². The van der Waals surface area contributed by atoms with Crippen molar-refractivity contribution in [1.82, 2.24) is 4.90 Å². The molecule has 2 heteroatoms. The van der Waals surface area contributed by atoms with Crippen molar-refractivity contribution >= 4 is 6.34 Å².